The van der Waals surface area contributed by atoms with Gasteiger partial charge in [-0.15, -0.1) is 0 Å². The molecule has 0 amide bonds. The Morgan fingerprint density at radius 3 is 2.48 bits per heavy atom. The number of rotatable bonds is 3. The number of hydrogen-bond acceptors (Lipinski definition) is 4. The number of piperidine rings is 1. The van der Waals surface area contributed by atoms with Crippen LogP contribution in [-0.4, -0.2) is 59.5 Å². The summed E-state index contributed by atoms with van der Waals surface area (Å²) in [4.78, 5) is 3.10. The fraction of sp³-hybridized carbons (Fsp3) is 0.600. The minimum absolute atomic E-state index is 0.350. The molecule has 2 aliphatic rings. The Morgan fingerprint density at radius 1 is 1.19 bits per heavy atom. The smallest absolute Gasteiger partial charge is 0.135 e. The first-order valence-corrected chi connectivity index (χ1v) is 8.41. The number of methoxy groups -OCH3 is 1. The van der Waals surface area contributed by atoms with E-state index in [0.29, 0.717) is 6.61 Å². The van der Waals surface area contributed by atoms with E-state index in [1.807, 2.05) is 28.6 Å². The van der Waals surface area contributed by atoms with Crippen LogP contribution in [0.2, 0.25) is 0 Å². The second-order valence-electron chi connectivity index (χ2n) is 5.62. The second-order valence-corrected chi connectivity index (χ2v) is 7.04. The van der Waals surface area contributed by atoms with E-state index in [2.05, 4.69) is 11.9 Å². The van der Waals surface area contributed by atoms with Crippen LogP contribution >= 0.6 is 0 Å². The maximum atomic E-state index is 12.9. The van der Waals surface area contributed by atoms with Gasteiger partial charge >= 0.3 is 0 Å². The highest BCUT2D eigenvalue weighted by atomic mass is 32.2. The average Bonchev–Trinajstić information content (AvgIpc) is 2.93. The van der Waals surface area contributed by atoms with Crippen LogP contribution in [0.5, 0.6) is 5.75 Å². The van der Waals surface area contributed by atoms with Crippen molar-refractivity contribution in [3.8, 4) is 5.75 Å². The summed E-state index contributed by atoms with van der Waals surface area (Å²) in [5, 5.41) is 0. The third-order valence-corrected chi connectivity index (χ3v) is 5.94. The van der Waals surface area contributed by atoms with Crippen LogP contribution < -0.4 is 4.74 Å². The molecule has 0 aliphatic carbocycles. The van der Waals surface area contributed by atoms with Gasteiger partial charge in [0.25, 0.3) is 0 Å². The largest absolute Gasteiger partial charge is 0.497 e. The van der Waals surface area contributed by atoms with Crippen LogP contribution in [0.15, 0.2) is 29.2 Å². The van der Waals surface area contributed by atoms with Crippen molar-refractivity contribution in [3.05, 3.63) is 24.3 Å². The summed E-state index contributed by atoms with van der Waals surface area (Å²) in [6.07, 6.45) is 1.82. The summed E-state index contributed by atoms with van der Waals surface area (Å²) >= 11 is 0. The summed E-state index contributed by atoms with van der Waals surface area (Å²) < 4.78 is 26.1. The van der Waals surface area contributed by atoms with Crippen LogP contribution in [0.1, 0.15) is 12.8 Å². The van der Waals surface area contributed by atoms with Crippen molar-refractivity contribution in [2.24, 2.45) is 0 Å². The molecule has 1 aromatic rings. The maximum absolute atomic E-state index is 12.9. The summed E-state index contributed by atoms with van der Waals surface area (Å²) in [5.74, 6) is 0.780. The van der Waals surface area contributed by atoms with E-state index in [1.165, 1.54) is 0 Å². The molecule has 3 rings (SSSR count). The van der Waals surface area contributed by atoms with Gasteiger partial charge in [-0.05, 0) is 31.3 Å². The predicted molar refractivity (Wildman–Crippen MR) is 81.5 cm³/mol. The van der Waals surface area contributed by atoms with Crippen molar-refractivity contribution in [2.45, 2.75) is 23.5 Å². The van der Waals surface area contributed by atoms with Crippen LogP contribution in [0.3, 0.4) is 0 Å². The van der Waals surface area contributed by atoms with E-state index in [1.54, 1.807) is 7.11 Å². The Bertz CT molecular complexity index is 512. The molecule has 1 spiro atoms. The Hall–Kier alpha value is -0.950. The first-order chi connectivity index (χ1) is 10.1. The van der Waals surface area contributed by atoms with Crippen LogP contribution in [0.4, 0.5) is 0 Å². The highest BCUT2D eigenvalue weighted by molar-refractivity contribution is 7.82. The molecule has 0 bridgehead atoms. The van der Waals surface area contributed by atoms with Crippen LogP contribution in [-0.2, 0) is 15.7 Å². The summed E-state index contributed by atoms with van der Waals surface area (Å²) in [6.45, 7) is 3.35. The van der Waals surface area contributed by atoms with Crippen molar-refractivity contribution < 1.29 is 13.7 Å². The number of nitrogens with zero attached hydrogens (tertiary/aromatic N) is 2. The zero-order valence-corrected chi connectivity index (χ0v) is 13.4. The lowest BCUT2D eigenvalue weighted by molar-refractivity contribution is -0.0859. The summed E-state index contributed by atoms with van der Waals surface area (Å²) in [7, 11) is 2.57. The molecular weight excluding hydrogens is 288 g/mol. The van der Waals surface area contributed by atoms with Gasteiger partial charge in [-0.25, -0.2) is 4.21 Å². The number of benzene rings is 1. The van der Waals surface area contributed by atoms with Gasteiger partial charge in [-0.3, -0.25) is 0 Å². The number of ether oxygens (including phenoxy) is 2. The quantitative estimate of drug-likeness (QED) is 0.848. The molecule has 0 aromatic heterocycles. The molecule has 2 fully saturated rings. The normalized spacial score (nSPS) is 24.3. The number of likely N-dealkylation sites (tertiary alicyclic amines) is 1. The standard InChI is InChI=1S/C15H22N2O3S/c1-16-9-7-15(8-10-16)17(11-12-20-15)21(18)14-5-3-13(19-2)4-6-14/h3-6H,7-12H2,1-2H3. The number of hydrogen-bond donors (Lipinski definition) is 0. The zero-order valence-electron chi connectivity index (χ0n) is 12.6. The topological polar surface area (TPSA) is 42.0 Å². The van der Waals surface area contributed by atoms with E-state index in [4.69, 9.17) is 9.47 Å². The fourth-order valence-electron chi connectivity index (χ4n) is 3.01. The van der Waals surface area contributed by atoms with Gasteiger partial charge in [0.2, 0.25) is 0 Å². The zero-order chi connectivity index (χ0) is 14.9. The molecule has 5 nitrogen and oxygen atoms in total. The Kier molecular flexibility index (Phi) is 4.31. The molecule has 2 aliphatic heterocycles. The van der Waals surface area contributed by atoms with Crippen LogP contribution in [0.25, 0.3) is 0 Å². The Balaban J connectivity index is 1.79. The minimum Gasteiger partial charge on any atom is -0.497 e. The first kappa shape index (κ1) is 15.0. The van der Waals surface area contributed by atoms with Crippen molar-refractivity contribution in [1.82, 2.24) is 9.21 Å². The van der Waals surface area contributed by atoms with Gasteiger partial charge in [-0.1, -0.05) is 0 Å². The molecule has 0 N–H and O–H groups in total. The maximum Gasteiger partial charge on any atom is 0.135 e. The van der Waals surface area contributed by atoms with E-state index in [0.717, 1.165) is 43.1 Å². The molecule has 6 heteroatoms. The third-order valence-electron chi connectivity index (χ3n) is 4.35. The fourth-order valence-corrected chi connectivity index (χ4v) is 4.41. The van der Waals surface area contributed by atoms with Crippen molar-refractivity contribution in [3.63, 3.8) is 0 Å². The van der Waals surface area contributed by atoms with Crippen molar-refractivity contribution in [2.75, 3.05) is 40.4 Å². The third kappa shape index (κ3) is 2.85. The molecule has 2 heterocycles. The summed E-state index contributed by atoms with van der Waals surface area (Å²) in [6, 6.07) is 7.45. The molecule has 0 radical (unpaired) electrons. The molecule has 21 heavy (non-hydrogen) atoms. The average molecular weight is 310 g/mol. The van der Waals surface area contributed by atoms with E-state index in [-0.39, 0.29) is 5.72 Å². The summed E-state index contributed by atoms with van der Waals surface area (Å²) in [5.41, 5.74) is -0.350. The van der Waals surface area contributed by atoms with Gasteiger partial charge in [0.05, 0.1) is 18.6 Å². The van der Waals surface area contributed by atoms with Crippen LogP contribution in [0, 0.1) is 0 Å². The van der Waals surface area contributed by atoms with Gasteiger partial charge in [0.15, 0.2) is 0 Å². The molecule has 1 unspecified atom stereocenters. The lowest BCUT2D eigenvalue weighted by Crippen LogP contribution is -2.52. The SMILES string of the molecule is COc1ccc(S(=O)N2CCOC23CCN(C)CC3)cc1. The van der Waals surface area contributed by atoms with Gasteiger partial charge in [-0.2, -0.15) is 4.31 Å². The van der Waals surface area contributed by atoms with Crippen molar-refractivity contribution in [1.29, 1.82) is 0 Å². The molecule has 1 aromatic carbocycles. The van der Waals surface area contributed by atoms with Gasteiger partial charge in [0.1, 0.15) is 22.5 Å². The molecule has 1 atom stereocenters. The molecule has 2 saturated heterocycles. The van der Waals surface area contributed by atoms with E-state index >= 15 is 0 Å². The Morgan fingerprint density at radius 2 is 1.86 bits per heavy atom. The molecular formula is C15H22N2O3S. The minimum atomic E-state index is -1.18. The van der Waals surface area contributed by atoms with E-state index in [9.17, 15) is 4.21 Å². The Labute approximate surface area is 128 Å². The lowest BCUT2D eigenvalue weighted by Gasteiger charge is -2.41. The predicted octanol–water partition coefficient (Wildman–Crippen LogP) is 1.47. The first-order valence-electron chi connectivity index (χ1n) is 7.31. The lowest BCUT2D eigenvalue weighted by atomic mass is 10.0. The molecule has 0 saturated carbocycles. The highest BCUT2D eigenvalue weighted by Gasteiger charge is 2.47. The van der Waals surface area contributed by atoms with E-state index < -0.39 is 11.0 Å². The second kappa shape index (κ2) is 6.04. The highest BCUT2D eigenvalue weighted by Crippen LogP contribution is 2.36. The molecule has 116 valence electrons. The van der Waals surface area contributed by atoms with Crippen molar-refractivity contribution >= 4 is 11.0 Å². The van der Waals surface area contributed by atoms with Gasteiger partial charge < -0.3 is 14.4 Å². The monoisotopic (exact) mass is 310 g/mol. The van der Waals surface area contributed by atoms with Gasteiger partial charge in [0, 0.05) is 32.5 Å².